The third-order valence-corrected chi connectivity index (χ3v) is 2.81. The van der Waals surface area contributed by atoms with Gasteiger partial charge < -0.3 is 4.74 Å². The normalized spacial score (nSPS) is 11.4. The number of benzene rings is 1. The minimum absolute atomic E-state index is 0.483. The molecule has 4 nitrogen and oxygen atoms in total. The van der Waals surface area contributed by atoms with Crippen molar-refractivity contribution in [2.24, 2.45) is 0 Å². The molecule has 0 spiro atoms. The van der Waals surface area contributed by atoms with Crippen LogP contribution in [-0.4, -0.2) is 21.5 Å². The molecule has 0 aliphatic rings. The second-order valence-corrected chi connectivity index (χ2v) is 6.01. The van der Waals surface area contributed by atoms with Crippen LogP contribution >= 0.6 is 11.6 Å². The fourth-order valence-corrected chi connectivity index (χ4v) is 1.94. The molecule has 0 fully saturated rings. The van der Waals surface area contributed by atoms with Crippen molar-refractivity contribution in [3.63, 3.8) is 0 Å². The lowest BCUT2D eigenvalue weighted by molar-refractivity contribution is 0.0511. The third-order valence-electron chi connectivity index (χ3n) is 2.57. The fourth-order valence-electron chi connectivity index (χ4n) is 1.75. The zero-order valence-corrected chi connectivity index (χ0v) is 12.7. The zero-order valence-electron chi connectivity index (χ0n) is 12.0. The van der Waals surface area contributed by atoms with Gasteiger partial charge in [0.05, 0.1) is 5.69 Å². The number of carbonyl (C=O) groups excluding carboxylic acids is 1. The maximum Gasteiger partial charge on any atom is 0.435 e. The molecule has 0 radical (unpaired) electrons. The number of halogens is 1. The van der Waals surface area contributed by atoms with Crippen molar-refractivity contribution in [3.05, 3.63) is 41.0 Å². The molecule has 0 bridgehead atoms. The molecule has 20 heavy (non-hydrogen) atoms. The summed E-state index contributed by atoms with van der Waals surface area (Å²) in [5, 5.41) is 4.92. The summed E-state index contributed by atoms with van der Waals surface area (Å²) in [7, 11) is 0. The van der Waals surface area contributed by atoms with Crippen LogP contribution in [0.4, 0.5) is 4.79 Å². The fraction of sp³-hybridized carbons (Fsp3) is 0.333. The van der Waals surface area contributed by atoms with Gasteiger partial charge in [-0.15, -0.1) is 0 Å². The number of aromatic nitrogens is 2. The Balaban J connectivity index is 2.33. The Bertz CT molecular complexity index is 642. The average Bonchev–Trinajstić information content (AvgIpc) is 2.69. The van der Waals surface area contributed by atoms with Gasteiger partial charge in [-0.05, 0) is 45.9 Å². The number of carbonyl (C=O) groups is 1. The SMILES string of the molecule is Cc1cc(-c2cccc(Cl)c2)nn1C(=O)OC(C)(C)C. The molecule has 1 heterocycles. The maximum atomic E-state index is 12.0. The lowest BCUT2D eigenvalue weighted by Gasteiger charge is -2.19. The van der Waals surface area contributed by atoms with Gasteiger partial charge >= 0.3 is 6.09 Å². The Hall–Kier alpha value is -1.81. The van der Waals surface area contributed by atoms with Gasteiger partial charge in [-0.2, -0.15) is 9.78 Å². The summed E-state index contributed by atoms with van der Waals surface area (Å²) in [4.78, 5) is 12.0. The number of hydrogen-bond donors (Lipinski definition) is 0. The third kappa shape index (κ3) is 3.39. The van der Waals surface area contributed by atoms with Crippen LogP contribution in [0, 0.1) is 6.92 Å². The van der Waals surface area contributed by atoms with Crippen LogP contribution in [-0.2, 0) is 4.74 Å². The maximum absolute atomic E-state index is 12.0. The van der Waals surface area contributed by atoms with Crippen LogP contribution in [0.15, 0.2) is 30.3 Å². The quantitative estimate of drug-likeness (QED) is 0.787. The highest BCUT2D eigenvalue weighted by atomic mass is 35.5. The number of rotatable bonds is 1. The van der Waals surface area contributed by atoms with Crippen molar-refractivity contribution in [1.82, 2.24) is 9.78 Å². The molecule has 1 aromatic heterocycles. The predicted octanol–water partition coefficient (Wildman–Crippen LogP) is 4.30. The first-order valence-electron chi connectivity index (χ1n) is 6.32. The largest absolute Gasteiger partial charge is 0.442 e. The number of hydrogen-bond acceptors (Lipinski definition) is 3. The van der Waals surface area contributed by atoms with E-state index in [9.17, 15) is 4.79 Å². The standard InChI is InChI=1S/C15H17ClN2O2/c1-10-8-13(11-6-5-7-12(16)9-11)17-18(10)14(19)20-15(2,3)4/h5-9H,1-4H3. The van der Waals surface area contributed by atoms with E-state index in [-0.39, 0.29) is 0 Å². The number of ether oxygens (including phenoxy) is 1. The van der Waals surface area contributed by atoms with Crippen molar-refractivity contribution < 1.29 is 9.53 Å². The molecule has 0 amide bonds. The first kappa shape index (κ1) is 14.6. The second-order valence-electron chi connectivity index (χ2n) is 5.57. The summed E-state index contributed by atoms with van der Waals surface area (Å²) in [5.41, 5.74) is 1.72. The molecule has 1 aromatic carbocycles. The van der Waals surface area contributed by atoms with Gasteiger partial charge in [0.15, 0.2) is 0 Å². The van der Waals surface area contributed by atoms with Crippen LogP contribution in [0.5, 0.6) is 0 Å². The minimum atomic E-state index is -0.550. The summed E-state index contributed by atoms with van der Waals surface area (Å²) >= 11 is 5.96. The predicted molar refractivity (Wildman–Crippen MR) is 79.0 cm³/mol. The van der Waals surface area contributed by atoms with Crippen LogP contribution in [0.1, 0.15) is 26.5 Å². The van der Waals surface area contributed by atoms with Gasteiger partial charge in [-0.3, -0.25) is 0 Å². The van der Waals surface area contributed by atoms with Gasteiger partial charge in [-0.1, -0.05) is 23.7 Å². The topological polar surface area (TPSA) is 44.1 Å². The lowest BCUT2D eigenvalue weighted by Crippen LogP contribution is -2.28. The molecule has 0 atom stereocenters. The molecule has 0 aliphatic carbocycles. The smallest absolute Gasteiger partial charge is 0.435 e. The highest BCUT2D eigenvalue weighted by molar-refractivity contribution is 6.30. The number of aryl methyl sites for hydroxylation is 1. The van der Waals surface area contributed by atoms with E-state index in [1.165, 1.54) is 4.68 Å². The first-order chi connectivity index (χ1) is 9.26. The Labute approximate surface area is 123 Å². The highest BCUT2D eigenvalue weighted by Gasteiger charge is 2.20. The van der Waals surface area contributed by atoms with E-state index in [2.05, 4.69) is 5.10 Å². The summed E-state index contributed by atoms with van der Waals surface area (Å²) in [6.45, 7) is 7.27. The summed E-state index contributed by atoms with van der Waals surface area (Å²) in [5.74, 6) is 0. The molecule has 0 unspecified atom stereocenters. The summed E-state index contributed by atoms with van der Waals surface area (Å²) in [6, 6.07) is 9.17. The summed E-state index contributed by atoms with van der Waals surface area (Å²) in [6.07, 6.45) is -0.483. The van der Waals surface area contributed by atoms with E-state index in [4.69, 9.17) is 16.3 Å². The first-order valence-corrected chi connectivity index (χ1v) is 6.70. The van der Waals surface area contributed by atoms with E-state index >= 15 is 0 Å². The highest BCUT2D eigenvalue weighted by Crippen LogP contribution is 2.22. The lowest BCUT2D eigenvalue weighted by atomic mass is 10.1. The van der Waals surface area contributed by atoms with Gasteiger partial charge in [-0.25, -0.2) is 4.79 Å². The van der Waals surface area contributed by atoms with E-state index in [0.29, 0.717) is 16.4 Å². The molecule has 0 aliphatic heterocycles. The second kappa shape index (κ2) is 5.29. The van der Waals surface area contributed by atoms with Crippen molar-refractivity contribution in [1.29, 1.82) is 0 Å². The molecular weight excluding hydrogens is 276 g/mol. The Kier molecular flexibility index (Phi) is 3.86. The van der Waals surface area contributed by atoms with Crippen LogP contribution < -0.4 is 0 Å². The van der Waals surface area contributed by atoms with Gasteiger partial charge in [0.25, 0.3) is 0 Å². The van der Waals surface area contributed by atoms with Crippen molar-refractivity contribution in [2.75, 3.05) is 0 Å². The van der Waals surface area contributed by atoms with E-state index < -0.39 is 11.7 Å². The van der Waals surface area contributed by atoms with Crippen molar-refractivity contribution in [3.8, 4) is 11.3 Å². The van der Waals surface area contributed by atoms with Crippen LogP contribution in [0.3, 0.4) is 0 Å². The summed E-state index contributed by atoms with van der Waals surface area (Å²) < 4.78 is 6.58. The molecule has 2 aromatic rings. The molecule has 2 rings (SSSR count). The van der Waals surface area contributed by atoms with Crippen LogP contribution in [0.2, 0.25) is 5.02 Å². The van der Waals surface area contributed by atoms with Crippen molar-refractivity contribution >= 4 is 17.7 Å². The van der Waals surface area contributed by atoms with E-state index in [1.54, 1.807) is 6.07 Å². The molecule has 106 valence electrons. The zero-order chi connectivity index (χ0) is 14.9. The Morgan fingerprint density at radius 3 is 2.60 bits per heavy atom. The van der Waals surface area contributed by atoms with Crippen molar-refractivity contribution in [2.45, 2.75) is 33.3 Å². The average molecular weight is 293 g/mol. The molecule has 5 heteroatoms. The Morgan fingerprint density at radius 1 is 1.30 bits per heavy atom. The molecule has 0 saturated carbocycles. The van der Waals surface area contributed by atoms with Crippen LogP contribution in [0.25, 0.3) is 11.3 Å². The molecular formula is C15H17ClN2O2. The minimum Gasteiger partial charge on any atom is -0.442 e. The molecule has 0 saturated heterocycles. The van der Waals surface area contributed by atoms with E-state index in [1.807, 2.05) is 52.0 Å². The van der Waals surface area contributed by atoms with Gasteiger partial charge in [0.1, 0.15) is 5.60 Å². The van der Waals surface area contributed by atoms with E-state index in [0.717, 1.165) is 5.56 Å². The Morgan fingerprint density at radius 2 is 2.00 bits per heavy atom. The van der Waals surface area contributed by atoms with Gasteiger partial charge in [0, 0.05) is 16.3 Å². The molecule has 0 N–H and O–H groups in total. The number of nitrogens with zero attached hydrogens (tertiary/aromatic N) is 2. The monoisotopic (exact) mass is 292 g/mol. The van der Waals surface area contributed by atoms with Gasteiger partial charge in [0.2, 0.25) is 0 Å².